The number of pyridine rings is 1. The lowest BCUT2D eigenvalue weighted by Crippen LogP contribution is -2.19. The fourth-order valence-corrected chi connectivity index (χ4v) is 2.79. The van der Waals surface area contributed by atoms with Crippen LogP contribution in [0, 0.1) is 0 Å². The van der Waals surface area contributed by atoms with E-state index >= 15 is 0 Å². The highest BCUT2D eigenvalue weighted by molar-refractivity contribution is 6.35. The number of likely N-dealkylation sites (N-methyl/N-ethyl adjacent to an activating group) is 1. The van der Waals surface area contributed by atoms with Crippen LogP contribution in [0.5, 0.6) is 5.75 Å². The molecule has 7 heteroatoms. The van der Waals surface area contributed by atoms with Gasteiger partial charge in [0.05, 0.1) is 10.5 Å². The van der Waals surface area contributed by atoms with Crippen LogP contribution in [-0.2, 0) is 0 Å². The molecule has 3 aromatic rings. The van der Waals surface area contributed by atoms with Crippen molar-refractivity contribution in [1.29, 1.82) is 0 Å². The Morgan fingerprint density at radius 1 is 1.23 bits per heavy atom. The van der Waals surface area contributed by atoms with Crippen LogP contribution >= 0.6 is 11.6 Å². The molecule has 2 heterocycles. The van der Waals surface area contributed by atoms with E-state index < -0.39 is 0 Å². The van der Waals surface area contributed by atoms with Gasteiger partial charge >= 0.3 is 0 Å². The van der Waals surface area contributed by atoms with Crippen molar-refractivity contribution in [2.24, 2.45) is 0 Å². The molecule has 0 aliphatic rings. The monoisotopic (exact) mass is 373 g/mol. The molecule has 0 aliphatic heterocycles. The second-order valence-corrected chi connectivity index (χ2v) is 7.14. The van der Waals surface area contributed by atoms with Crippen LogP contribution in [0.25, 0.3) is 16.7 Å². The van der Waals surface area contributed by atoms with Crippen LogP contribution in [0.15, 0.2) is 36.5 Å². The molecule has 6 nitrogen and oxygen atoms in total. The van der Waals surface area contributed by atoms with E-state index in [0.717, 1.165) is 29.0 Å². The van der Waals surface area contributed by atoms with E-state index in [4.69, 9.17) is 21.3 Å². The van der Waals surface area contributed by atoms with Crippen molar-refractivity contribution in [2.75, 3.05) is 32.6 Å². The summed E-state index contributed by atoms with van der Waals surface area (Å²) in [7, 11) is 4.04. The number of nitrogens with one attached hydrogen (secondary N) is 1. The second kappa shape index (κ2) is 7.93. The zero-order chi connectivity index (χ0) is 18.7. The van der Waals surface area contributed by atoms with Crippen molar-refractivity contribution < 1.29 is 4.74 Å². The van der Waals surface area contributed by atoms with E-state index in [1.165, 1.54) is 0 Å². The number of ether oxygens (including phenoxy) is 1. The number of aromatic nitrogens is 3. The van der Waals surface area contributed by atoms with Gasteiger partial charge < -0.3 is 15.0 Å². The number of anilines is 1. The van der Waals surface area contributed by atoms with Gasteiger partial charge in [-0.05, 0) is 40.1 Å². The summed E-state index contributed by atoms with van der Waals surface area (Å²) in [6, 6.07) is 9.83. The zero-order valence-corrected chi connectivity index (χ0v) is 16.3. The molecular formula is C19H24ClN5O. The third-order valence-corrected chi connectivity index (χ3v) is 4.10. The first kappa shape index (κ1) is 18.5. The minimum absolute atomic E-state index is 0.313. The van der Waals surface area contributed by atoms with Gasteiger partial charge in [-0.15, -0.1) is 5.10 Å². The lowest BCUT2D eigenvalue weighted by Gasteiger charge is -2.12. The number of fused-ring (bicyclic) bond motifs is 1. The maximum Gasteiger partial charge on any atom is 0.155 e. The largest absolute Gasteiger partial charge is 0.492 e. The van der Waals surface area contributed by atoms with Gasteiger partial charge in [-0.2, -0.15) is 0 Å². The molecule has 0 amide bonds. The van der Waals surface area contributed by atoms with Crippen LogP contribution in [0.3, 0.4) is 0 Å². The molecule has 0 atom stereocenters. The highest BCUT2D eigenvalue weighted by Gasteiger charge is 2.09. The van der Waals surface area contributed by atoms with Crippen molar-refractivity contribution in [3.8, 4) is 11.6 Å². The molecule has 0 fully saturated rings. The predicted octanol–water partition coefficient (Wildman–Crippen LogP) is 3.83. The summed E-state index contributed by atoms with van der Waals surface area (Å²) < 4.78 is 7.52. The molecule has 1 N–H and O–H groups in total. The van der Waals surface area contributed by atoms with Gasteiger partial charge in [-0.1, -0.05) is 11.6 Å². The minimum atomic E-state index is 0.313. The Labute approximate surface area is 158 Å². The Hall–Kier alpha value is -2.31. The highest BCUT2D eigenvalue weighted by Crippen LogP contribution is 2.28. The van der Waals surface area contributed by atoms with E-state index in [1.54, 1.807) is 4.68 Å². The van der Waals surface area contributed by atoms with Crippen molar-refractivity contribution >= 4 is 28.3 Å². The molecule has 26 heavy (non-hydrogen) atoms. The first-order valence-electron chi connectivity index (χ1n) is 8.63. The lowest BCUT2D eigenvalue weighted by molar-refractivity contribution is 0.261. The predicted molar refractivity (Wildman–Crippen MR) is 107 cm³/mol. The van der Waals surface area contributed by atoms with E-state index in [9.17, 15) is 0 Å². The molecule has 0 unspecified atom stereocenters. The van der Waals surface area contributed by atoms with Gasteiger partial charge in [0.15, 0.2) is 5.82 Å². The average molecular weight is 374 g/mol. The van der Waals surface area contributed by atoms with Crippen LogP contribution in [-0.4, -0.2) is 53.0 Å². The Morgan fingerprint density at radius 3 is 2.77 bits per heavy atom. The minimum Gasteiger partial charge on any atom is -0.492 e. The second-order valence-electron chi connectivity index (χ2n) is 6.74. The molecular weight excluding hydrogens is 350 g/mol. The molecule has 0 bridgehead atoms. The molecule has 3 rings (SSSR count). The van der Waals surface area contributed by atoms with Crippen molar-refractivity contribution in [3.63, 3.8) is 0 Å². The molecule has 0 saturated carbocycles. The molecule has 0 radical (unpaired) electrons. The van der Waals surface area contributed by atoms with Crippen molar-refractivity contribution in [2.45, 2.75) is 19.9 Å². The van der Waals surface area contributed by atoms with Gasteiger partial charge in [-0.3, -0.25) is 0 Å². The van der Waals surface area contributed by atoms with Crippen molar-refractivity contribution in [1.82, 2.24) is 19.7 Å². The Kier molecular flexibility index (Phi) is 5.64. The number of rotatable bonds is 7. The number of hydrogen-bond acceptors (Lipinski definition) is 5. The summed E-state index contributed by atoms with van der Waals surface area (Å²) in [5.74, 6) is 2.26. The fourth-order valence-electron chi connectivity index (χ4n) is 2.53. The number of halogens is 1. The molecule has 0 aliphatic carbocycles. The average Bonchev–Trinajstić information content (AvgIpc) is 3.02. The highest BCUT2D eigenvalue weighted by atomic mass is 35.5. The van der Waals surface area contributed by atoms with E-state index in [1.807, 2.05) is 50.6 Å². The maximum absolute atomic E-state index is 6.46. The topological polar surface area (TPSA) is 55.2 Å². The molecule has 1 aromatic carbocycles. The molecule has 2 aromatic heterocycles. The normalized spacial score (nSPS) is 11.5. The van der Waals surface area contributed by atoms with Crippen molar-refractivity contribution in [3.05, 3.63) is 41.6 Å². The summed E-state index contributed by atoms with van der Waals surface area (Å²) in [6.07, 6.45) is 1.87. The van der Waals surface area contributed by atoms with Gasteiger partial charge in [0.25, 0.3) is 0 Å². The van der Waals surface area contributed by atoms with Crippen LogP contribution in [0.1, 0.15) is 13.8 Å². The number of benzene rings is 1. The summed E-state index contributed by atoms with van der Waals surface area (Å²) in [5, 5.41) is 9.31. The van der Waals surface area contributed by atoms with Crippen LogP contribution < -0.4 is 10.1 Å². The molecule has 138 valence electrons. The van der Waals surface area contributed by atoms with Crippen LogP contribution in [0.2, 0.25) is 5.02 Å². The van der Waals surface area contributed by atoms with E-state index in [-0.39, 0.29) is 0 Å². The summed E-state index contributed by atoms with van der Waals surface area (Å²) in [4.78, 5) is 6.78. The smallest absolute Gasteiger partial charge is 0.155 e. The first-order chi connectivity index (χ1) is 12.4. The number of hydrogen-bond donors (Lipinski definition) is 1. The summed E-state index contributed by atoms with van der Waals surface area (Å²) in [5.41, 5.74) is 0.781. The fraction of sp³-hybridized carbons (Fsp3) is 0.368. The third kappa shape index (κ3) is 4.45. The number of nitrogens with zero attached hydrogens (tertiary/aromatic N) is 4. The SMILES string of the molecule is CC(C)Nc1ccn(-c2cc(Cl)c3ccc(OCCN(C)C)cc3n2)n1. The van der Waals surface area contributed by atoms with Gasteiger partial charge in [0.1, 0.15) is 18.2 Å². The Bertz CT molecular complexity index is 891. The summed E-state index contributed by atoms with van der Waals surface area (Å²) >= 11 is 6.46. The zero-order valence-electron chi connectivity index (χ0n) is 15.5. The van der Waals surface area contributed by atoms with Gasteiger partial charge in [0, 0.05) is 42.4 Å². The Morgan fingerprint density at radius 2 is 2.04 bits per heavy atom. The van der Waals surface area contributed by atoms with E-state index in [0.29, 0.717) is 23.5 Å². The quantitative estimate of drug-likeness (QED) is 0.682. The lowest BCUT2D eigenvalue weighted by atomic mass is 10.2. The van der Waals surface area contributed by atoms with Crippen LogP contribution in [0.4, 0.5) is 5.82 Å². The van der Waals surface area contributed by atoms with Gasteiger partial charge in [0.2, 0.25) is 0 Å². The van der Waals surface area contributed by atoms with Gasteiger partial charge in [-0.25, -0.2) is 9.67 Å². The third-order valence-electron chi connectivity index (χ3n) is 3.78. The molecule has 0 spiro atoms. The molecule has 0 saturated heterocycles. The maximum atomic E-state index is 6.46. The van der Waals surface area contributed by atoms with E-state index in [2.05, 4.69) is 29.2 Å². The Balaban J connectivity index is 1.88. The first-order valence-corrected chi connectivity index (χ1v) is 9.00. The summed E-state index contributed by atoms with van der Waals surface area (Å²) in [6.45, 7) is 5.62. The standard InChI is InChI=1S/C19H24ClN5O/c1-13(2)21-18-7-8-25(23-18)19-12-16(20)15-6-5-14(11-17(15)22-19)26-10-9-24(3)4/h5-8,11-13H,9-10H2,1-4H3,(H,21,23).